The molecule has 1 aliphatic rings. The third kappa shape index (κ3) is 3.15. The van der Waals surface area contributed by atoms with Crippen molar-refractivity contribution in [1.29, 1.82) is 0 Å². The first-order valence-corrected chi connectivity index (χ1v) is 6.56. The number of hydrogen-bond donors (Lipinski definition) is 3. The molecule has 1 saturated heterocycles. The van der Waals surface area contributed by atoms with E-state index in [0.29, 0.717) is 35.2 Å². The number of amides is 1. The maximum absolute atomic E-state index is 12.1. The van der Waals surface area contributed by atoms with Gasteiger partial charge in [0.25, 0.3) is 0 Å². The Balaban J connectivity index is 2.17. The van der Waals surface area contributed by atoms with Crippen LogP contribution in [0.4, 0.5) is 5.69 Å². The first-order chi connectivity index (χ1) is 9.55. The van der Waals surface area contributed by atoms with E-state index in [1.54, 1.807) is 12.1 Å². The Morgan fingerprint density at radius 3 is 2.65 bits per heavy atom. The number of halogens is 1. The van der Waals surface area contributed by atoms with Crippen LogP contribution in [0.3, 0.4) is 0 Å². The number of β-amino-alcohol motifs (C(OH)–C–C–N with tert-alkyl or cyclic N) is 1. The quantitative estimate of drug-likeness (QED) is 0.773. The molecule has 0 radical (unpaired) electrons. The minimum Gasteiger partial charge on any atom is -0.495 e. The predicted octanol–water partition coefficient (Wildman–Crippen LogP) is 1.02. The molecule has 1 aromatic rings. The molecule has 1 fully saturated rings. The van der Waals surface area contributed by atoms with E-state index in [1.165, 1.54) is 14.2 Å². The summed E-state index contributed by atoms with van der Waals surface area (Å²) in [6.45, 7) is 0.416. The molecule has 1 heterocycles. The highest BCUT2D eigenvalue weighted by atomic mass is 35.5. The number of hydrogen-bond acceptors (Lipinski definition) is 5. The van der Waals surface area contributed by atoms with Gasteiger partial charge < -0.3 is 25.2 Å². The van der Waals surface area contributed by atoms with Crippen LogP contribution >= 0.6 is 11.6 Å². The smallest absolute Gasteiger partial charge is 0.241 e. The molecule has 0 aliphatic carbocycles. The Hall–Kier alpha value is -1.50. The maximum atomic E-state index is 12.1. The molecule has 3 N–H and O–H groups in total. The van der Waals surface area contributed by atoms with Gasteiger partial charge >= 0.3 is 0 Å². The summed E-state index contributed by atoms with van der Waals surface area (Å²) in [6.07, 6.45) is -0.105. The Labute approximate surface area is 122 Å². The first kappa shape index (κ1) is 14.9. The van der Waals surface area contributed by atoms with E-state index in [-0.39, 0.29) is 5.91 Å². The number of rotatable bonds is 4. The minimum atomic E-state index is -0.493. The lowest BCUT2D eigenvalue weighted by Gasteiger charge is -2.15. The van der Waals surface area contributed by atoms with E-state index in [0.717, 1.165) is 0 Å². The summed E-state index contributed by atoms with van der Waals surface area (Å²) in [5, 5.41) is 15.5. The Morgan fingerprint density at radius 2 is 2.10 bits per heavy atom. The van der Waals surface area contributed by atoms with Gasteiger partial charge in [-0.15, -0.1) is 0 Å². The van der Waals surface area contributed by atoms with E-state index in [1.807, 2.05) is 0 Å². The Bertz CT molecular complexity index is 509. The van der Waals surface area contributed by atoms with E-state index in [9.17, 15) is 9.90 Å². The fourth-order valence-electron chi connectivity index (χ4n) is 2.09. The zero-order valence-electron chi connectivity index (χ0n) is 11.3. The van der Waals surface area contributed by atoms with Crippen LogP contribution in [0.5, 0.6) is 11.5 Å². The van der Waals surface area contributed by atoms with Crippen LogP contribution in [-0.2, 0) is 4.79 Å². The molecule has 2 rings (SSSR count). The molecule has 1 amide bonds. The molecule has 0 bridgehead atoms. The van der Waals surface area contributed by atoms with Crippen LogP contribution in [-0.4, -0.2) is 43.9 Å². The number of anilines is 1. The topological polar surface area (TPSA) is 79.8 Å². The molecule has 1 aliphatic heterocycles. The van der Waals surface area contributed by atoms with Gasteiger partial charge in [-0.05, 0) is 6.42 Å². The Kier molecular flexibility index (Phi) is 4.69. The molecule has 1 aromatic carbocycles. The number of carbonyl (C=O) groups excluding carboxylic acids is 1. The number of nitrogens with one attached hydrogen (secondary N) is 2. The normalized spacial score (nSPS) is 21.6. The third-order valence-corrected chi connectivity index (χ3v) is 3.45. The highest BCUT2D eigenvalue weighted by molar-refractivity contribution is 6.32. The van der Waals surface area contributed by atoms with Crippen molar-refractivity contribution in [3.8, 4) is 11.5 Å². The second-order valence-electron chi connectivity index (χ2n) is 4.53. The summed E-state index contributed by atoms with van der Waals surface area (Å²) in [7, 11) is 2.99. The second kappa shape index (κ2) is 6.30. The number of methoxy groups -OCH3 is 2. The van der Waals surface area contributed by atoms with Gasteiger partial charge in [0.1, 0.15) is 11.5 Å². The molecule has 2 atom stereocenters. The zero-order chi connectivity index (χ0) is 14.7. The minimum absolute atomic E-state index is 0.232. The molecule has 6 nitrogen and oxygen atoms in total. The van der Waals surface area contributed by atoms with E-state index in [2.05, 4.69) is 10.6 Å². The number of benzene rings is 1. The second-order valence-corrected chi connectivity index (χ2v) is 4.93. The highest BCUT2D eigenvalue weighted by Crippen LogP contribution is 2.36. The van der Waals surface area contributed by atoms with Crippen molar-refractivity contribution in [2.45, 2.75) is 18.6 Å². The van der Waals surface area contributed by atoms with Gasteiger partial charge in [-0.2, -0.15) is 0 Å². The molecule has 7 heteroatoms. The van der Waals surface area contributed by atoms with E-state index < -0.39 is 12.1 Å². The summed E-state index contributed by atoms with van der Waals surface area (Å²) in [5.41, 5.74) is 0.474. The van der Waals surface area contributed by atoms with Crippen LogP contribution in [0.25, 0.3) is 0 Å². The largest absolute Gasteiger partial charge is 0.495 e. The van der Waals surface area contributed by atoms with Crippen molar-refractivity contribution in [1.82, 2.24) is 5.32 Å². The highest BCUT2D eigenvalue weighted by Gasteiger charge is 2.28. The molecule has 0 saturated carbocycles. The molecule has 20 heavy (non-hydrogen) atoms. The van der Waals surface area contributed by atoms with E-state index >= 15 is 0 Å². The predicted molar refractivity (Wildman–Crippen MR) is 75.6 cm³/mol. The SMILES string of the molecule is COc1cc(NC(=O)C2CC(O)CN2)c(OC)cc1Cl. The number of ether oxygens (including phenoxy) is 2. The lowest BCUT2D eigenvalue weighted by Crippen LogP contribution is -2.35. The zero-order valence-corrected chi connectivity index (χ0v) is 12.0. The number of aliphatic hydroxyl groups excluding tert-OH is 1. The number of aliphatic hydroxyl groups is 1. The monoisotopic (exact) mass is 300 g/mol. The first-order valence-electron chi connectivity index (χ1n) is 6.19. The molecule has 2 unspecified atom stereocenters. The Morgan fingerprint density at radius 1 is 1.40 bits per heavy atom. The van der Waals surface area contributed by atoms with Crippen LogP contribution in [0.2, 0.25) is 5.02 Å². The molecular weight excluding hydrogens is 284 g/mol. The van der Waals surface area contributed by atoms with Crippen molar-refractivity contribution in [2.75, 3.05) is 26.1 Å². The fraction of sp³-hybridized carbons (Fsp3) is 0.462. The lowest BCUT2D eigenvalue weighted by atomic mass is 10.2. The summed E-state index contributed by atoms with van der Waals surface area (Å²) < 4.78 is 10.3. The van der Waals surface area contributed by atoms with Crippen molar-refractivity contribution < 1.29 is 19.4 Å². The molecule has 110 valence electrons. The maximum Gasteiger partial charge on any atom is 0.241 e. The van der Waals surface area contributed by atoms with Gasteiger partial charge in [0.05, 0.1) is 37.1 Å². The van der Waals surface area contributed by atoms with Gasteiger partial charge in [0.2, 0.25) is 5.91 Å². The van der Waals surface area contributed by atoms with Crippen LogP contribution in [0.1, 0.15) is 6.42 Å². The van der Waals surface area contributed by atoms with Gasteiger partial charge in [-0.1, -0.05) is 11.6 Å². The fourth-order valence-corrected chi connectivity index (χ4v) is 2.33. The van der Waals surface area contributed by atoms with Crippen molar-refractivity contribution in [3.05, 3.63) is 17.2 Å². The molecule has 0 spiro atoms. The van der Waals surface area contributed by atoms with Gasteiger partial charge in [-0.25, -0.2) is 0 Å². The summed E-state index contributed by atoms with van der Waals surface area (Å²) in [5.74, 6) is 0.661. The molecule has 0 aromatic heterocycles. The lowest BCUT2D eigenvalue weighted by molar-refractivity contribution is -0.117. The summed E-state index contributed by atoms with van der Waals surface area (Å²) >= 11 is 6.00. The van der Waals surface area contributed by atoms with Crippen molar-refractivity contribution in [2.24, 2.45) is 0 Å². The van der Waals surface area contributed by atoms with E-state index in [4.69, 9.17) is 21.1 Å². The van der Waals surface area contributed by atoms with Crippen LogP contribution < -0.4 is 20.1 Å². The third-order valence-electron chi connectivity index (χ3n) is 3.16. The number of carbonyl (C=O) groups is 1. The van der Waals surface area contributed by atoms with Crippen LogP contribution in [0, 0.1) is 0 Å². The summed E-state index contributed by atoms with van der Waals surface area (Å²) in [6, 6.07) is 2.76. The van der Waals surface area contributed by atoms with Crippen LogP contribution in [0.15, 0.2) is 12.1 Å². The van der Waals surface area contributed by atoms with Gasteiger partial charge in [0, 0.05) is 18.7 Å². The summed E-state index contributed by atoms with van der Waals surface area (Å²) in [4.78, 5) is 12.1. The standard InChI is InChI=1S/C13H17ClN2O4/c1-19-11-5-9(12(20-2)4-8(11)14)16-13(18)10-3-7(17)6-15-10/h4-5,7,10,15,17H,3,6H2,1-2H3,(H,16,18). The average Bonchev–Trinajstić information content (AvgIpc) is 2.87. The van der Waals surface area contributed by atoms with Crippen molar-refractivity contribution >= 4 is 23.2 Å². The van der Waals surface area contributed by atoms with Gasteiger partial charge in [-0.3, -0.25) is 4.79 Å². The average molecular weight is 301 g/mol. The van der Waals surface area contributed by atoms with Crippen molar-refractivity contribution in [3.63, 3.8) is 0 Å². The molecular formula is C13H17ClN2O4. The van der Waals surface area contributed by atoms with Gasteiger partial charge in [0.15, 0.2) is 0 Å².